The monoisotopic (exact) mass is 245 g/mol. The minimum Gasteiger partial charge on any atom is -0.336 e. The van der Waals surface area contributed by atoms with Crippen LogP contribution in [0.5, 0.6) is 0 Å². The Hall–Kier alpha value is -1.28. The number of carbonyl (C=O) groups is 3. The summed E-state index contributed by atoms with van der Waals surface area (Å²) < 4.78 is 5.00. The maximum absolute atomic E-state index is 11.1. The molecule has 0 spiro atoms. The van der Waals surface area contributed by atoms with E-state index in [-0.39, 0.29) is 36.7 Å². The normalized spacial score (nSPS) is 24.9. The molecule has 0 aromatic carbocycles. The van der Waals surface area contributed by atoms with Crippen LogP contribution >= 0.6 is 12.0 Å². The van der Waals surface area contributed by atoms with Crippen molar-refractivity contribution in [2.45, 2.75) is 18.9 Å². The second-order valence-corrected chi connectivity index (χ2v) is 4.21. The molecule has 88 valence electrons. The van der Waals surface area contributed by atoms with Gasteiger partial charge in [-0.3, -0.25) is 9.59 Å². The lowest BCUT2D eigenvalue weighted by atomic mass is 10.4. The van der Waals surface area contributed by atoms with Crippen LogP contribution in [0.25, 0.3) is 0 Å². The summed E-state index contributed by atoms with van der Waals surface area (Å²) >= 11 is 0.987. The molecule has 1 atom stereocenters. The summed E-state index contributed by atoms with van der Waals surface area (Å²) in [5, 5.41) is 6.05. The van der Waals surface area contributed by atoms with Crippen LogP contribution in [0.2, 0.25) is 0 Å². The van der Waals surface area contributed by atoms with Gasteiger partial charge in [0.25, 0.3) is 11.8 Å². The zero-order chi connectivity index (χ0) is 11.5. The average Bonchev–Trinajstić information content (AvgIpc) is 2.78. The Bertz CT molecular complexity index is 319. The smallest absolute Gasteiger partial charge is 0.315 e. The molecule has 0 aromatic heterocycles. The molecule has 4 amide bonds. The first-order valence-corrected chi connectivity index (χ1v) is 5.77. The third-order valence-corrected chi connectivity index (χ3v) is 3.04. The van der Waals surface area contributed by atoms with E-state index in [4.69, 9.17) is 4.28 Å². The number of hydrogen-bond donors (Lipinski definition) is 2. The van der Waals surface area contributed by atoms with Crippen LogP contribution in [-0.2, 0) is 13.9 Å². The van der Waals surface area contributed by atoms with E-state index in [1.54, 1.807) is 0 Å². The molecule has 2 saturated heterocycles. The van der Waals surface area contributed by atoms with E-state index in [1.807, 2.05) is 0 Å². The summed E-state index contributed by atoms with van der Waals surface area (Å²) in [6.45, 7) is 0.525. The van der Waals surface area contributed by atoms with Crippen LogP contribution < -0.4 is 10.6 Å². The van der Waals surface area contributed by atoms with Gasteiger partial charge in [0.2, 0.25) is 0 Å². The van der Waals surface area contributed by atoms with Crippen molar-refractivity contribution in [2.75, 3.05) is 12.3 Å². The van der Waals surface area contributed by atoms with Crippen molar-refractivity contribution in [3.63, 3.8) is 0 Å². The van der Waals surface area contributed by atoms with E-state index in [2.05, 4.69) is 10.6 Å². The van der Waals surface area contributed by atoms with Crippen LogP contribution in [0.1, 0.15) is 12.8 Å². The molecule has 0 aromatic rings. The summed E-state index contributed by atoms with van der Waals surface area (Å²) in [5.74, 6) is -0.146. The Balaban J connectivity index is 1.70. The van der Waals surface area contributed by atoms with Gasteiger partial charge < -0.3 is 10.6 Å². The molecule has 0 aliphatic carbocycles. The van der Waals surface area contributed by atoms with Gasteiger partial charge in [-0.2, -0.15) is 4.28 Å². The topological polar surface area (TPSA) is 87.7 Å². The highest BCUT2D eigenvalue weighted by Crippen LogP contribution is 2.18. The van der Waals surface area contributed by atoms with Gasteiger partial charge in [0.15, 0.2) is 0 Å². The summed E-state index contributed by atoms with van der Waals surface area (Å²) in [5.41, 5.74) is 0. The van der Waals surface area contributed by atoms with Gasteiger partial charge in [0, 0.05) is 37.2 Å². The molecule has 2 N–H and O–H groups in total. The van der Waals surface area contributed by atoms with Gasteiger partial charge in [-0.25, -0.2) is 4.79 Å². The lowest BCUT2D eigenvalue weighted by Crippen LogP contribution is -2.31. The minimum absolute atomic E-state index is 0.0368. The molecule has 2 rings (SSSR count). The van der Waals surface area contributed by atoms with E-state index in [0.29, 0.717) is 12.3 Å². The molecular weight excluding hydrogens is 234 g/mol. The second kappa shape index (κ2) is 4.71. The fourth-order valence-corrected chi connectivity index (χ4v) is 2.11. The maximum Gasteiger partial charge on any atom is 0.315 e. The third kappa shape index (κ3) is 2.45. The molecule has 2 aliphatic rings. The maximum atomic E-state index is 11.1. The lowest BCUT2D eigenvalue weighted by Gasteiger charge is -2.13. The number of hydroxylamine groups is 2. The summed E-state index contributed by atoms with van der Waals surface area (Å²) in [7, 11) is 0. The summed E-state index contributed by atoms with van der Waals surface area (Å²) in [6, 6.07) is -0.246. The molecule has 2 fully saturated rings. The van der Waals surface area contributed by atoms with Crippen molar-refractivity contribution >= 4 is 29.9 Å². The van der Waals surface area contributed by atoms with E-state index < -0.39 is 0 Å². The summed E-state index contributed by atoms with van der Waals surface area (Å²) in [4.78, 5) is 33.1. The highest BCUT2D eigenvalue weighted by atomic mass is 32.2. The predicted octanol–water partition coefficient (Wildman–Crippen LogP) is -0.603. The second-order valence-electron chi connectivity index (χ2n) is 3.49. The van der Waals surface area contributed by atoms with Gasteiger partial charge in [-0.1, -0.05) is 0 Å². The van der Waals surface area contributed by atoms with Gasteiger partial charge in [-0.05, 0) is 0 Å². The first-order valence-electron chi connectivity index (χ1n) is 4.86. The number of imide groups is 1. The van der Waals surface area contributed by atoms with Gasteiger partial charge in [-0.15, -0.1) is 5.06 Å². The Morgan fingerprint density at radius 2 is 2.00 bits per heavy atom. The lowest BCUT2D eigenvalue weighted by molar-refractivity contribution is -0.161. The highest BCUT2D eigenvalue weighted by Gasteiger charge is 2.31. The van der Waals surface area contributed by atoms with Crippen LogP contribution in [0.15, 0.2) is 0 Å². The van der Waals surface area contributed by atoms with Crippen molar-refractivity contribution < 1.29 is 18.7 Å². The molecule has 16 heavy (non-hydrogen) atoms. The fraction of sp³-hybridized carbons (Fsp3) is 0.625. The molecule has 0 bridgehead atoms. The average molecular weight is 245 g/mol. The summed E-state index contributed by atoms with van der Waals surface area (Å²) in [6.07, 6.45) is 0.419. The van der Waals surface area contributed by atoms with Crippen molar-refractivity contribution in [3.8, 4) is 0 Å². The highest BCUT2D eigenvalue weighted by molar-refractivity contribution is 7.94. The third-order valence-electron chi connectivity index (χ3n) is 2.25. The molecule has 0 radical (unpaired) electrons. The van der Waals surface area contributed by atoms with Crippen LogP contribution in [0.4, 0.5) is 4.79 Å². The largest absolute Gasteiger partial charge is 0.336 e. The number of amides is 4. The number of rotatable bonds is 4. The Morgan fingerprint density at radius 3 is 2.56 bits per heavy atom. The number of carbonyl (C=O) groups excluding carboxylic acids is 3. The van der Waals surface area contributed by atoms with E-state index in [1.165, 1.54) is 0 Å². The van der Waals surface area contributed by atoms with Gasteiger partial charge >= 0.3 is 6.03 Å². The molecule has 7 nitrogen and oxygen atoms in total. The quantitative estimate of drug-likeness (QED) is 0.510. The van der Waals surface area contributed by atoms with E-state index in [9.17, 15) is 14.4 Å². The SMILES string of the molecule is O=C1NCC(CSON2C(=O)CCC2=O)N1. The van der Waals surface area contributed by atoms with E-state index >= 15 is 0 Å². The Labute approximate surface area is 96.0 Å². The van der Waals surface area contributed by atoms with Crippen LogP contribution in [0.3, 0.4) is 0 Å². The molecule has 1 unspecified atom stereocenters. The fourth-order valence-electron chi connectivity index (χ4n) is 1.41. The predicted molar refractivity (Wildman–Crippen MR) is 55.0 cm³/mol. The van der Waals surface area contributed by atoms with Crippen molar-refractivity contribution in [1.29, 1.82) is 0 Å². The van der Waals surface area contributed by atoms with Crippen LogP contribution in [0, 0.1) is 0 Å². The van der Waals surface area contributed by atoms with Crippen molar-refractivity contribution in [3.05, 3.63) is 0 Å². The molecule has 2 aliphatic heterocycles. The van der Waals surface area contributed by atoms with Crippen molar-refractivity contribution in [1.82, 2.24) is 15.7 Å². The first-order chi connectivity index (χ1) is 7.66. The number of urea groups is 1. The van der Waals surface area contributed by atoms with Gasteiger partial charge in [0.05, 0.1) is 6.04 Å². The first kappa shape index (κ1) is 11.2. The van der Waals surface area contributed by atoms with Gasteiger partial charge in [0.1, 0.15) is 0 Å². The zero-order valence-corrected chi connectivity index (χ0v) is 9.21. The zero-order valence-electron chi connectivity index (χ0n) is 8.39. The molecule has 0 saturated carbocycles. The Morgan fingerprint density at radius 1 is 1.31 bits per heavy atom. The molecular formula is C8H11N3O4S. The van der Waals surface area contributed by atoms with Crippen LogP contribution in [-0.4, -0.2) is 41.2 Å². The minimum atomic E-state index is -0.314. The number of nitrogens with one attached hydrogen (secondary N) is 2. The number of nitrogens with zero attached hydrogens (tertiary/aromatic N) is 1. The molecule has 8 heteroatoms. The number of hydrogen-bond acceptors (Lipinski definition) is 5. The Kier molecular flexibility index (Phi) is 3.30. The molecule has 2 heterocycles. The van der Waals surface area contributed by atoms with E-state index in [0.717, 1.165) is 17.1 Å². The van der Waals surface area contributed by atoms with Crippen molar-refractivity contribution in [2.24, 2.45) is 0 Å². The standard InChI is InChI=1S/C8H11N3O4S/c12-6-1-2-7(13)11(6)15-16-4-5-3-9-8(14)10-5/h5H,1-4H2,(H2,9,10,14).